The van der Waals surface area contributed by atoms with Gasteiger partial charge in [0.05, 0.1) is 18.1 Å². The van der Waals surface area contributed by atoms with Gasteiger partial charge in [0.15, 0.2) is 0 Å². The average Bonchev–Trinajstić information content (AvgIpc) is 2.99. The van der Waals surface area contributed by atoms with Crippen molar-refractivity contribution in [2.24, 2.45) is 5.73 Å². The van der Waals surface area contributed by atoms with Crippen molar-refractivity contribution in [1.82, 2.24) is 0 Å². The fraction of sp³-hybridized carbons (Fsp3) is 0.176. The molecule has 7 heteroatoms. The number of rotatable bonds is 9. The third-order valence-electron chi connectivity index (χ3n) is 6.68. The van der Waals surface area contributed by atoms with Gasteiger partial charge >= 0.3 is 5.97 Å². The predicted octanol–water partition coefficient (Wildman–Crippen LogP) is 6.80. The number of aryl methyl sites for hydroxylation is 1. The van der Waals surface area contributed by atoms with Gasteiger partial charge in [0, 0.05) is 11.6 Å². The van der Waals surface area contributed by atoms with Crippen LogP contribution in [0.2, 0.25) is 0 Å². The largest absolute Gasteiger partial charge is 0.494 e. The maximum absolute atomic E-state index is 12.8. The number of nitrogens with zero attached hydrogens (tertiary/aromatic N) is 1. The third kappa shape index (κ3) is 6.34. The molecular weight excluding hydrogens is 516 g/mol. The first-order valence-corrected chi connectivity index (χ1v) is 13.4. The van der Waals surface area contributed by atoms with Crippen molar-refractivity contribution in [3.8, 4) is 29.1 Å². The molecular formula is C34H30N2O5. The Morgan fingerprint density at radius 2 is 1.68 bits per heavy atom. The van der Waals surface area contributed by atoms with Crippen LogP contribution in [-0.4, -0.2) is 12.6 Å². The summed E-state index contributed by atoms with van der Waals surface area (Å²) >= 11 is 0. The summed E-state index contributed by atoms with van der Waals surface area (Å²) in [6.07, 6.45) is 0.897. The Hall–Kier alpha value is -5.22. The Morgan fingerprint density at radius 1 is 0.927 bits per heavy atom. The Kier molecular flexibility index (Phi) is 8.21. The van der Waals surface area contributed by atoms with Gasteiger partial charge < -0.3 is 24.7 Å². The van der Waals surface area contributed by atoms with E-state index in [0.29, 0.717) is 47.3 Å². The molecule has 2 N–H and O–H groups in total. The Bertz CT molecular complexity index is 1620. The van der Waals surface area contributed by atoms with Crippen LogP contribution in [0.3, 0.4) is 0 Å². The van der Waals surface area contributed by atoms with Gasteiger partial charge in [-0.3, -0.25) is 0 Å². The van der Waals surface area contributed by atoms with Gasteiger partial charge in [0.25, 0.3) is 0 Å². The predicted molar refractivity (Wildman–Crippen MR) is 155 cm³/mol. The highest BCUT2D eigenvalue weighted by Crippen LogP contribution is 2.44. The van der Waals surface area contributed by atoms with Gasteiger partial charge in [0.1, 0.15) is 41.2 Å². The Labute approximate surface area is 239 Å². The number of nitriles is 1. The number of benzene rings is 4. The van der Waals surface area contributed by atoms with E-state index < -0.39 is 11.9 Å². The normalized spacial score (nSPS) is 13.9. The smallest absolute Gasteiger partial charge is 0.343 e. The number of hydrogen-bond acceptors (Lipinski definition) is 7. The van der Waals surface area contributed by atoms with Gasteiger partial charge in [-0.15, -0.1) is 0 Å². The number of carbonyl (C=O) groups excluding carboxylic acids is 1. The minimum absolute atomic E-state index is 0.00196. The number of carbonyl (C=O) groups is 1. The van der Waals surface area contributed by atoms with Crippen LogP contribution in [0.25, 0.3) is 0 Å². The van der Waals surface area contributed by atoms with Crippen molar-refractivity contribution in [2.45, 2.75) is 32.8 Å². The summed E-state index contributed by atoms with van der Waals surface area (Å²) < 4.78 is 23.1. The van der Waals surface area contributed by atoms with Crippen molar-refractivity contribution in [3.63, 3.8) is 0 Å². The molecule has 0 aliphatic carbocycles. The fourth-order valence-corrected chi connectivity index (χ4v) is 4.55. The molecule has 0 aromatic heterocycles. The number of ether oxygens (including phenoxy) is 4. The summed E-state index contributed by atoms with van der Waals surface area (Å²) in [4.78, 5) is 12.8. The van der Waals surface area contributed by atoms with Crippen molar-refractivity contribution in [1.29, 1.82) is 5.26 Å². The summed E-state index contributed by atoms with van der Waals surface area (Å²) in [7, 11) is 0. The average molecular weight is 547 g/mol. The lowest BCUT2D eigenvalue weighted by Crippen LogP contribution is -2.21. The lowest BCUT2D eigenvalue weighted by Gasteiger charge is -2.27. The lowest BCUT2D eigenvalue weighted by atomic mass is 9.83. The molecule has 0 saturated heterocycles. The van der Waals surface area contributed by atoms with Gasteiger partial charge in [-0.1, -0.05) is 55.0 Å². The zero-order valence-electron chi connectivity index (χ0n) is 22.9. The standard InChI is InChI=1S/C34H30N2O5/c1-3-17-38-26-13-11-24(12-14-26)34(37)40-28-15-16-29-31(19-28)41-33(36)30(20-35)32(29)25-5-4-6-27(18-25)39-21-23-9-7-22(2)8-10-23/h4-16,18-19,32H,3,17,21,36H2,1-2H3. The second-order valence-corrected chi connectivity index (χ2v) is 9.73. The third-order valence-corrected chi connectivity index (χ3v) is 6.68. The van der Waals surface area contributed by atoms with E-state index in [9.17, 15) is 10.1 Å². The molecule has 1 aliphatic heterocycles. The molecule has 0 saturated carbocycles. The second kappa shape index (κ2) is 12.3. The van der Waals surface area contributed by atoms with Crippen LogP contribution < -0.4 is 24.7 Å². The minimum Gasteiger partial charge on any atom is -0.494 e. The van der Waals surface area contributed by atoms with Crippen molar-refractivity contribution < 1.29 is 23.7 Å². The van der Waals surface area contributed by atoms with Crippen LogP contribution >= 0.6 is 0 Å². The first-order chi connectivity index (χ1) is 19.9. The first-order valence-electron chi connectivity index (χ1n) is 13.4. The highest BCUT2D eigenvalue weighted by atomic mass is 16.5. The maximum Gasteiger partial charge on any atom is 0.343 e. The lowest BCUT2D eigenvalue weighted by molar-refractivity contribution is 0.0734. The quantitative estimate of drug-likeness (QED) is 0.182. The molecule has 41 heavy (non-hydrogen) atoms. The maximum atomic E-state index is 12.8. The summed E-state index contributed by atoms with van der Waals surface area (Å²) in [5.41, 5.74) is 10.7. The number of hydrogen-bond donors (Lipinski definition) is 1. The van der Waals surface area contributed by atoms with Crippen LogP contribution in [0.5, 0.6) is 23.0 Å². The molecule has 206 valence electrons. The van der Waals surface area contributed by atoms with Crippen LogP contribution in [0.4, 0.5) is 0 Å². The molecule has 5 rings (SSSR count). The van der Waals surface area contributed by atoms with Crippen LogP contribution in [0.1, 0.15) is 51.9 Å². The van der Waals surface area contributed by atoms with E-state index in [0.717, 1.165) is 23.1 Å². The van der Waals surface area contributed by atoms with Crippen LogP contribution in [-0.2, 0) is 6.61 Å². The molecule has 7 nitrogen and oxygen atoms in total. The Balaban J connectivity index is 1.36. The van der Waals surface area contributed by atoms with Crippen LogP contribution in [0, 0.1) is 18.3 Å². The van der Waals surface area contributed by atoms with E-state index in [1.54, 1.807) is 42.5 Å². The molecule has 0 bridgehead atoms. The first kappa shape index (κ1) is 27.4. The molecule has 0 fully saturated rings. The van der Waals surface area contributed by atoms with Crippen LogP contribution in [0.15, 0.2) is 102 Å². The van der Waals surface area contributed by atoms with Gasteiger partial charge in [-0.25, -0.2) is 4.79 Å². The molecule has 1 unspecified atom stereocenters. The van der Waals surface area contributed by atoms with Crippen molar-refractivity contribution in [2.75, 3.05) is 6.61 Å². The monoisotopic (exact) mass is 546 g/mol. The number of nitrogens with two attached hydrogens (primary N) is 1. The summed E-state index contributed by atoms with van der Waals surface area (Å²) in [6.45, 7) is 5.10. The molecule has 0 spiro atoms. The highest BCUT2D eigenvalue weighted by Gasteiger charge is 2.31. The topological polar surface area (TPSA) is 104 Å². The molecule has 4 aromatic rings. The molecule has 1 heterocycles. The summed E-state index contributed by atoms with van der Waals surface area (Å²) in [6, 6.07) is 29.8. The second-order valence-electron chi connectivity index (χ2n) is 9.73. The molecule has 0 amide bonds. The molecule has 4 aromatic carbocycles. The Morgan fingerprint density at radius 3 is 2.41 bits per heavy atom. The van der Waals surface area contributed by atoms with Gasteiger partial charge in [-0.05, 0) is 66.9 Å². The van der Waals surface area contributed by atoms with Gasteiger partial charge in [0.2, 0.25) is 5.88 Å². The van der Waals surface area contributed by atoms with E-state index in [1.165, 1.54) is 5.56 Å². The highest BCUT2D eigenvalue weighted by molar-refractivity contribution is 5.91. The summed E-state index contributed by atoms with van der Waals surface area (Å²) in [5.74, 6) is 1.07. The van der Waals surface area contributed by atoms with E-state index in [-0.39, 0.29) is 5.88 Å². The minimum atomic E-state index is -0.515. The number of fused-ring (bicyclic) bond motifs is 1. The van der Waals surface area contributed by atoms with E-state index in [4.69, 9.17) is 24.7 Å². The molecule has 0 radical (unpaired) electrons. The molecule has 1 atom stereocenters. The van der Waals surface area contributed by atoms with E-state index >= 15 is 0 Å². The number of allylic oxidation sites excluding steroid dienone is 1. The zero-order valence-corrected chi connectivity index (χ0v) is 22.9. The zero-order chi connectivity index (χ0) is 28.8. The molecule has 1 aliphatic rings. The SMILES string of the molecule is CCCOc1ccc(C(=O)Oc2ccc3c(c2)OC(N)=C(C#N)C3c2cccc(OCc3ccc(C)cc3)c2)cc1. The fourth-order valence-electron chi connectivity index (χ4n) is 4.55. The summed E-state index contributed by atoms with van der Waals surface area (Å²) in [5, 5.41) is 9.95. The van der Waals surface area contributed by atoms with E-state index in [1.807, 2.05) is 62.4 Å². The van der Waals surface area contributed by atoms with Crippen molar-refractivity contribution in [3.05, 3.63) is 130 Å². The van der Waals surface area contributed by atoms with E-state index in [2.05, 4.69) is 6.07 Å². The van der Waals surface area contributed by atoms with Crippen molar-refractivity contribution >= 4 is 5.97 Å². The van der Waals surface area contributed by atoms with Gasteiger partial charge in [-0.2, -0.15) is 5.26 Å². The number of esters is 1.